The van der Waals surface area contributed by atoms with Crippen LogP contribution < -0.4 is 9.80 Å². The van der Waals surface area contributed by atoms with Crippen molar-refractivity contribution < 1.29 is 0 Å². The van der Waals surface area contributed by atoms with Gasteiger partial charge in [0.15, 0.2) is 0 Å². The van der Waals surface area contributed by atoms with E-state index in [0.29, 0.717) is 5.92 Å². The molecule has 1 unspecified atom stereocenters. The van der Waals surface area contributed by atoms with Crippen LogP contribution in [0.4, 0.5) is 34.1 Å². The van der Waals surface area contributed by atoms with Crippen LogP contribution in [0.25, 0.3) is 21.5 Å². The molecule has 7 aromatic rings. The van der Waals surface area contributed by atoms with Crippen LogP contribution in [0.3, 0.4) is 0 Å². The van der Waals surface area contributed by atoms with E-state index >= 15 is 0 Å². The highest BCUT2D eigenvalue weighted by atomic mass is 15.2. The van der Waals surface area contributed by atoms with E-state index in [-0.39, 0.29) is 5.41 Å². The Balaban J connectivity index is 1.48. The van der Waals surface area contributed by atoms with Crippen LogP contribution in [0.2, 0.25) is 0 Å². The van der Waals surface area contributed by atoms with Gasteiger partial charge < -0.3 is 9.80 Å². The first-order valence-corrected chi connectivity index (χ1v) is 19.3. The summed E-state index contributed by atoms with van der Waals surface area (Å²) in [4.78, 5) is 4.93. The van der Waals surface area contributed by atoms with E-state index in [4.69, 9.17) is 0 Å². The monoisotopic (exact) mass is 680 g/mol. The van der Waals surface area contributed by atoms with Gasteiger partial charge >= 0.3 is 0 Å². The second-order valence-corrected chi connectivity index (χ2v) is 14.9. The molecule has 7 aromatic carbocycles. The van der Waals surface area contributed by atoms with Gasteiger partial charge in [-0.05, 0) is 83.8 Å². The molecule has 0 radical (unpaired) electrons. The Morgan fingerprint density at radius 2 is 0.846 bits per heavy atom. The minimum atomic E-state index is 0.125. The number of hydrogen-bond acceptors (Lipinski definition) is 2. The molecule has 0 fully saturated rings. The smallest absolute Gasteiger partial charge is 0.0619 e. The number of benzene rings is 7. The fourth-order valence-corrected chi connectivity index (χ4v) is 7.91. The number of rotatable bonds is 13. The van der Waals surface area contributed by atoms with Gasteiger partial charge in [-0.25, -0.2) is 0 Å². The Kier molecular flexibility index (Phi) is 10.5. The van der Waals surface area contributed by atoms with Crippen molar-refractivity contribution >= 4 is 55.7 Å². The number of anilines is 6. The molecule has 1 atom stereocenters. The molecule has 0 aliphatic rings. The van der Waals surface area contributed by atoms with Gasteiger partial charge in [-0.2, -0.15) is 0 Å². The second kappa shape index (κ2) is 15.5. The lowest BCUT2D eigenvalue weighted by atomic mass is 9.80. The van der Waals surface area contributed by atoms with Gasteiger partial charge in [-0.15, -0.1) is 0 Å². The van der Waals surface area contributed by atoms with E-state index in [2.05, 4.69) is 202 Å². The summed E-state index contributed by atoms with van der Waals surface area (Å²) in [5.41, 5.74) is 9.87. The summed E-state index contributed by atoms with van der Waals surface area (Å²) in [5.74, 6) is 0.533. The first-order chi connectivity index (χ1) is 25.4. The second-order valence-electron chi connectivity index (χ2n) is 14.9. The molecule has 0 N–H and O–H groups in total. The molecular formula is C50H52N2. The van der Waals surface area contributed by atoms with Crippen molar-refractivity contribution in [3.63, 3.8) is 0 Å². The molecule has 0 aromatic heterocycles. The van der Waals surface area contributed by atoms with Crippen molar-refractivity contribution in [1.82, 2.24) is 0 Å². The average Bonchev–Trinajstić information content (AvgIpc) is 3.19. The summed E-state index contributed by atoms with van der Waals surface area (Å²) in [6.07, 6.45) is 6.00. The summed E-state index contributed by atoms with van der Waals surface area (Å²) in [6, 6.07) is 58.3. The molecule has 52 heavy (non-hydrogen) atoms. The lowest BCUT2D eigenvalue weighted by Crippen LogP contribution is -2.17. The first kappa shape index (κ1) is 35.1. The predicted molar refractivity (Wildman–Crippen MR) is 227 cm³/mol. The Hall–Kier alpha value is -5.34. The molecule has 0 saturated heterocycles. The fraction of sp³-hybridized carbons (Fsp3) is 0.240. The van der Waals surface area contributed by atoms with Crippen molar-refractivity contribution in [2.75, 3.05) is 9.80 Å². The number of para-hydroxylation sites is 2. The van der Waals surface area contributed by atoms with Crippen molar-refractivity contribution in [2.24, 2.45) is 0 Å². The van der Waals surface area contributed by atoms with Crippen molar-refractivity contribution in [2.45, 2.75) is 78.1 Å². The zero-order valence-corrected chi connectivity index (χ0v) is 31.5. The third kappa shape index (κ3) is 6.95. The fourth-order valence-electron chi connectivity index (χ4n) is 7.91. The largest absolute Gasteiger partial charge is 0.309 e. The molecule has 7 rings (SSSR count). The molecular weight excluding hydrogens is 629 g/mol. The molecule has 2 nitrogen and oxygen atoms in total. The van der Waals surface area contributed by atoms with Crippen molar-refractivity contribution in [3.8, 4) is 0 Å². The predicted octanol–water partition coefficient (Wildman–Crippen LogP) is 15.3. The van der Waals surface area contributed by atoms with Gasteiger partial charge in [0.1, 0.15) is 0 Å². The highest BCUT2D eigenvalue weighted by Crippen LogP contribution is 2.51. The first-order valence-electron chi connectivity index (χ1n) is 19.3. The van der Waals surface area contributed by atoms with Crippen LogP contribution >= 0.6 is 0 Å². The Morgan fingerprint density at radius 3 is 1.25 bits per heavy atom. The standard InChI is InChI=1S/C50H52N2/c1-6-8-36-50(4,5)39-30-34-43(35-31-39)52(41-22-13-10-14-23-41)49-46-26-17-15-24-44(46)48(45-25-16-18-27-47(45)49)51(40-20-11-9-12-21-40)42-32-28-38(29-33-42)37(3)19-7-2/h9-18,20-35,37H,6-8,19,36H2,1-5H3. The minimum absolute atomic E-state index is 0.125. The third-order valence-corrected chi connectivity index (χ3v) is 10.9. The quantitative estimate of drug-likeness (QED) is 0.0883. The highest BCUT2D eigenvalue weighted by Gasteiger charge is 2.26. The van der Waals surface area contributed by atoms with E-state index in [1.54, 1.807) is 0 Å². The number of hydrogen-bond donors (Lipinski definition) is 0. The highest BCUT2D eigenvalue weighted by molar-refractivity contribution is 6.23. The maximum absolute atomic E-state index is 2.47. The van der Waals surface area contributed by atoms with Crippen LogP contribution in [0.5, 0.6) is 0 Å². The van der Waals surface area contributed by atoms with Gasteiger partial charge in [0.2, 0.25) is 0 Å². The zero-order valence-electron chi connectivity index (χ0n) is 31.5. The topological polar surface area (TPSA) is 6.48 Å². The summed E-state index contributed by atoms with van der Waals surface area (Å²) in [6.45, 7) is 11.6. The van der Waals surface area contributed by atoms with E-state index in [0.717, 1.165) is 22.7 Å². The van der Waals surface area contributed by atoms with Crippen LogP contribution in [0.1, 0.15) is 83.8 Å². The number of fused-ring (bicyclic) bond motifs is 2. The molecule has 0 saturated carbocycles. The van der Waals surface area contributed by atoms with E-state index < -0.39 is 0 Å². The minimum Gasteiger partial charge on any atom is -0.309 e. The van der Waals surface area contributed by atoms with E-state index in [1.807, 2.05) is 0 Å². The van der Waals surface area contributed by atoms with Gasteiger partial charge in [-0.3, -0.25) is 0 Å². The van der Waals surface area contributed by atoms with Gasteiger partial charge in [0.05, 0.1) is 11.4 Å². The summed E-state index contributed by atoms with van der Waals surface area (Å²) >= 11 is 0. The van der Waals surface area contributed by atoms with E-state index in [1.165, 1.54) is 76.2 Å². The lowest BCUT2D eigenvalue weighted by molar-refractivity contribution is 0.458. The molecule has 0 heterocycles. The third-order valence-electron chi connectivity index (χ3n) is 10.9. The van der Waals surface area contributed by atoms with Crippen molar-refractivity contribution in [1.29, 1.82) is 0 Å². The zero-order chi connectivity index (χ0) is 36.1. The van der Waals surface area contributed by atoms with Crippen LogP contribution in [0, 0.1) is 0 Å². The Morgan fingerprint density at radius 1 is 0.462 bits per heavy atom. The average molecular weight is 681 g/mol. The summed E-state index contributed by atoms with van der Waals surface area (Å²) < 4.78 is 0. The summed E-state index contributed by atoms with van der Waals surface area (Å²) in [5, 5.41) is 4.84. The molecule has 0 amide bonds. The Labute approximate surface area is 311 Å². The summed E-state index contributed by atoms with van der Waals surface area (Å²) in [7, 11) is 0. The van der Waals surface area contributed by atoms with Gasteiger partial charge in [0.25, 0.3) is 0 Å². The number of unbranched alkanes of at least 4 members (excludes halogenated alkanes) is 1. The normalized spacial score (nSPS) is 12.2. The molecule has 0 aliphatic heterocycles. The van der Waals surface area contributed by atoms with Crippen LogP contribution in [-0.2, 0) is 5.41 Å². The van der Waals surface area contributed by atoms with Crippen LogP contribution in [0.15, 0.2) is 158 Å². The van der Waals surface area contributed by atoms with Crippen molar-refractivity contribution in [3.05, 3.63) is 169 Å². The maximum Gasteiger partial charge on any atom is 0.0619 e. The van der Waals surface area contributed by atoms with Crippen LogP contribution in [-0.4, -0.2) is 0 Å². The number of nitrogens with zero attached hydrogens (tertiary/aromatic N) is 2. The van der Waals surface area contributed by atoms with E-state index in [9.17, 15) is 0 Å². The Bertz CT molecular complexity index is 2160. The maximum atomic E-state index is 2.47. The molecule has 0 aliphatic carbocycles. The molecule has 0 bridgehead atoms. The molecule has 0 spiro atoms. The SMILES string of the molecule is CCCCC(C)(C)c1ccc(N(c2ccccc2)c2c3ccccc3c(N(c3ccccc3)c3ccc(C(C)CCC)cc3)c3ccccc23)cc1. The van der Waals surface area contributed by atoms with Gasteiger partial charge in [0, 0.05) is 44.3 Å². The molecule has 2 heteroatoms. The lowest BCUT2D eigenvalue weighted by Gasteiger charge is -2.33. The van der Waals surface area contributed by atoms with Gasteiger partial charge in [-0.1, -0.05) is 163 Å². The molecule has 262 valence electrons.